The maximum Gasteiger partial charge on any atom is 0.123 e. The predicted molar refractivity (Wildman–Crippen MR) is 90.1 cm³/mol. The number of rotatable bonds is 5. The first-order valence-electron chi connectivity index (χ1n) is 7.25. The number of benzene rings is 2. The van der Waals surface area contributed by atoms with Crippen LogP contribution < -0.4 is 5.32 Å². The number of hydrogen-bond acceptors (Lipinski definition) is 1. The van der Waals surface area contributed by atoms with Gasteiger partial charge in [-0.15, -0.1) is 0 Å². The molecule has 0 fully saturated rings. The van der Waals surface area contributed by atoms with E-state index < -0.39 is 0 Å². The fourth-order valence-electron chi connectivity index (χ4n) is 2.49. The van der Waals surface area contributed by atoms with Crippen molar-refractivity contribution in [3.8, 4) is 0 Å². The molecule has 0 aromatic heterocycles. The molecule has 0 heterocycles. The summed E-state index contributed by atoms with van der Waals surface area (Å²) in [5.74, 6) is -0.172. The molecule has 1 unspecified atom stereocenters. The van der Waals surface area contributed by atoms with E-state index >= 15 is 0 Å². The molecule has 0 saturated heterocycles. The molecule has 0 radical (unpaired) electrons. The van der Waals surface area contributed by atoms with Crippen molar-refractivity contribution in [1.29, 1.82) is 0 Å². The van der Waals surface area contributed by atoms with Gasteiger partial charge in [0, 0.05) is 10.5 Å². The van der Waals surface area contributed by atoms with Crippen LogP contribution in [0.15, 0.2) is 40.9 Å². The zero-order chi connectivity index (χ0) is 15.4. The van der Waals surface area contributed by atoms with Crippen LogP contribution in [0.25, 0.3) is 0 Å². The Kier molecular flexibility index (Phi) is 5.54. The van der Waals surface area contributed by atoms with Crippen molar-refractivity contribution >= 4 is 15.9 Å². The maximum absolute atomic E-state index is 13.2. The van der Waals surface area contributed by atoms with E-state index in [4.69, 9.17) is 0 Å². The largest absolute Gasteiger partial charge is 0.310 e. The fourth-order valence-corrected chi connectivity index (χ4v) is 2.88. The molecule has 0 aliphatic heterocycles. The predicted octanol–water partition coefficient (Wildman–Crippen LogP) is 5.10. The molecule has 2 aromatic carbocycles. The Labute approximate surface area is 134 Å². The van der Waals surface area contributed by atoms with Crippen LogP contribution in [-0.4, -0.2) is 6.54 Å². The second-order valence-electron chi connectivity index (χ2n) is 5.39. The van der Waals surface area contributed by atoms with Gasteiger partial charge < -0.3 is 5.32 Å². The van der Waals surface area contributed by atoms with Gasteiger partial charge in [-0.3, -0.25) is 0 Å². The molecule has 21 heavy (non-hydrogen) atoms. The lowest BCUT2D eigenvalue weighted by atomic mass is 9.95. The minimum Gasteiger partial charge on any atom is -0.310 e. The van der Waals surface area contributed by atoms with E-state index in [0.29, 0.717) is 0 Å². The van der Waals surface area contributed by atoms with Gasteiger partial charge in [-0.25, -0.2) is 4.39 Å². The summed E-state index contributed by atoms with van der Waals surface area (Å²) in [5, 5.41) is 3.52. The normalized spacial score (nSPS) is 12.4. The smallest absolute Gasteiger partial charge is 0.123 e. The van der Waals surface area contributed by atoms with Gasteiger partial charge in [0.25, 0.3) is 0 Å². The standard InChI is InChI=1S/C18H21BrFN/c1-4-21-18(15-6-5-12(2)17(19)10-15)11-14-7-8-16(20)9-13(14)3/h5-10,18,21H,4,11H2,1-3H3. The van der Waals surface area contributed by atoms with Crippen LogP contribution in [-0.2, 0) is 6.42 Å². The third-order valence-corrected chi connectivity index (χ3v) is 4.63. The lowest BCUT2D eigenvalue weighted by molar-refractivity contribution is 0.547. The molecule has 0 amide bonds. The van der Waals surface area contributed by atoms with Crippen molar-refractivity contribution in [3.05, 3.63) is 68.9 Å². The highest BCUT2D eigenvalue weighted by Crippen LogP contribution is 2.25. The van der Waals surface area contributed by atoms with Gasteiger partial charge in [0.2, 0.25) is 0 Å². The summed E-state index contributed by atoms with van der Waals surface area (Å²) < 4.78 is 14.4. The number of likely N-dealkylation sites (N-methyl/N-ethyl adjacent to an activating group) is 1. The number of hydrogen-bond donors (Lipinski definition) is 1. The minimum atomic E-state index is -0.172. The molecule has 112 valence electrons. The summed E-state index contributed by atoms with van der Waals surface area (Å²) in [6.07, 6.45) is 0.857. The second-order valence-corrected chi connectivity index (χ2v) is 6.25. The van der Waals surface area contributed by atoms with Gasteiger partial charge in [0.05, 0.1) is 0 Å². The first-order valence-corrected chi connectivity index (χ1v) is 8.05. The average Bonchev–Trinajstić information content (AvgIpc) is 2.44. The van der Waals surface area contributed by atoms with Crippen molar-refractivity contribution in [2.24, 2.45) is 0 Å². The molecule has 0 bridgehead atoms. The molecule has 1 N–H and O–H groups in total. The van der Waals surface area contributed by atoms with Gasteiger partial charge >= 0.3 is 0 Å². The van der Waals surface area contributed by atoms with Crippen molar-refractivity contribution in [3.63, 3.8) is 0 Å². The molecule has 1 nitrogen and oxygen atoms in total. The molecule has 0 aliphatic rings. The number of aryl methyl sites for hydroxylation is 2. The maximum atomic E-state index is 13.2. The van der Waals surface area contributed by atoms with E-state index in [-0.39, 0.29) is 11.9 Å². The van der Waals surface area contributed by atoms with E-state index in [1.165, 1.54) is 22.8 Å². The molecule has 2 rings (SSSR count). The van der Waals surface area contributed by atoms with Crippen molar-refractivity contribution in [2.45, 2.75) is 33.2 Å². The van der Waals surface area contributed by atoms with Gasteiger partial charge in [0.1, 0.15) is 5.82 Å². The summed E-state index contributed by atoms with van der Waals surface area (Å²) >= 11 is 3.60. The molecule has 0 spiro atoms. The van der Waals surface area contributed by atoms with Crippen molar-refractivity contribution in [1.82, 2.24) is 5.32 Å². The van der Waals surface area contributed by atoms with Crippen LogP contribution in [0.5, 0.6) is 0 Å². The van der Waals surface area contributed by atoms with Crippen LogP contribution in [0.1, 0.15) is 35.2 Å². The summed E-state index contributed by atoms with van der Waals surface area (Å²) in [6, 6.07) is 11.7. The Bertz CT molecular complexity index is 625. The van der Waals surface area contributed by atoms with Crippen molar-refractivity contribution in [2.75, 3.05) is 6.54 Å². The molecule has 3 heteroatoms. The van der Waals surface area contributed by atoms with Crippen LogP contribution in [0, 0.1) is 19.7 Å². The third kappa shape index (κ3) is 4.14. The van der Waals surface area contributed by atoms with E-state index in [9.17, 15) is 4.39 Å². The summed E-state index contributed by atoms with van der Waals surface area (Å²) in [6.45, 7) is 7.05. The van der Waals surface area contributed by atoms with E-state index in [1.807, 2.05) is 13.0 Å². The van der Waals surface area contributed by atoms with Crippen LogP contribution in [0.2, 0.25) is 0 Å². The molecular formula is C18H21BrFN. The number of halogens is 2. The Morgan fingerprint density at radius 1 is 1.10 bits per heavy atom. The molecule has 0 saturated carbocycles. The van der Waals surface area contributed by atoms with Gasteiger partial charge in [-0.2, -0.15) is 0 Å². The lowest BCUT2D eigenvalue weighted by Crippen LogP contribution is -2.23. The Hall–Kier alpha value is -1.19. The summed E-state index contributed by atoms with van der Waals surface area (Å²) in [5.41, 5.74) is 4.66. The quantitative estimate of drug-likeness (QED) is 0.791. The van der Waals surface area contributed by atoms with E-state index in [1.54, 1.807) is 6.07 Å². The van der Waals surface area contributed by atoms with Crippen LogP contribution >= 0.6 is 15.9 Å². The topological polar surface area (TPSA) is 12.0 Å². The zero-order valence-electron chi connectivity index (χ0n) is 12.7. The van der Waals surface area contributed by atoms with Crippen LogP contribution in [0.3, 0.4) is 0 Å². The highest BCUT2D eigenvalue weighted by atomic mass is 79.9. The van der Waals surface area contributed by atoms with Crippen molar-refractivity contribution < 1.29 is 4.39 Å². The Morgan fingerprint density at radius 2 is 1.86 bits per heavy atom. The Morgan fingerprint density at radius 3 is 2.48 bits per heavy atom. The van der Waals surface area contributed by atoms with E-state index in [0.717, 1.165) is 23.0 Å². The van der Waals surface area contributed by atoms with Gasteiger partial charge in [0.15, 0.2) is 0 Å². The first-order chi connectivity index (χ1) is 10.0. The van der Waals surface area contributed by atoms with Crippen LogP contribution in [0.4, 0.5) is 4.39 Å². The average molecular weight is 350 g/mol. The first kappa shape index (κ1) is 16.2. The highest BCUT2D eigenvalue weighted by molar-refractivity contribution is 9.10. The monoisotopic (exact) mass is 349 g/mol. The fraction of sp³-hybridized carbons (Fsp3) is 0.333. The van der Waals surface area contributed by atoms with E-state index in [2.05, 4.69) is 53.3 Å². The highest BCUT2D eigenvalue weighted by Gasteiger charge is 2.13. The molecule has 1 atom stereocenters. The SMILES string of the molecule is CCNC(Cc1ccc(F)cc1C)c1ccc(C)c(Br)c1. The third-order valence-electron chi connectivity index (χ3n) is 3.78. The van der Waals surface area contributed by atoms with Gasteiger partial charge in [-0.1, -0.05) is 41.1 Å². The molecule has 2 aromatic rings. The number of nitrogens with one attached hydrogen (secondary N) is 1. The zero-order valence-corrected chi connectivity index (χ0v) is 14.3. The lowest BCUT2D eigenvalue weighted by Gasteiger charge is -2.20. The Balaban J connectivity index is 2.28. The minimum absolute atomic E-state index is 0.172. The second kappa shape index (κ2) is 7.19. The summed E-state index contributed by atoms with van der Waals surface area (Å²) in [4.78, 5) is 0. The molecular weight excluding hydrogens is 329 g/mol. The molecule has 0 aliphatic carbocycles. The summed E-state index contributed by atoms with van der Waals surface area (Å²) in [7, 11) is 0. The van der Waals surface area contributed by atoms with Gasteiger partial charge in [-0.05, 0) is 67.3 Å².